The smallest absolute Gasteiger partial charge is 0.243 e. The van der Waals surface area contributed by atoms with E-state index in [2.05, 4.69) is 0 Å². The summed E-state index contributed by atoms with van der Waals surface area (Å²) in [7, 11) is -3.37. The van der Waals surface area contributed by atoms with Gasteiger partial charge in [-0.05, 0) is 56.7 Å². The molecule has 1 aromatic rings. The minimum absolute atomic E-state index is 0. The number of nitrogens with zero attached hydrogens (tertiary/aromatic N) is 1. The summed E-state index contributed by atoms with van der Waals surface area (Å²) in [6, 6.07) is 5.72. The number of sulfonamides is 1. The Hall–Kier alpha value is -0.620. The molecule has 1 aromatic carbocycles. The number of halogens is 1. The molecule has 6 heteroatoms. The van der Waals surface area contributed by atoms with Crippen molar-refractivity contribution in [1.82, 2.24) is 4.31 Å². The Labute approximate surface area is 134 Å². The summed E-state index contributed by atoms with van der Waals surface area (Å²) in [5.41, 5.74) is 7.69. The number of hydrogen-bond donors (Lipinski definition) is 1. The fourth-order valence-electron chi connectivity index (χ4n) is 2.77. The van der Waals surface area contributed by atoms with Gasteiger partial charge < -0.3 is 5.73 Å². The zero-order valence-corrected chi connectivity index (χ0v) is 14.5. The lowest BCUT2D eigenvalue weighted by Crippen LogP contribution is -2.42. The molecule has 2 N–H and O–H groups in total. The summed E-state index contributed by atoms with van der Waals surface area (Å²) in [6.45, 7) is 6.91. The molecule has 4 nitrogen and oxygen atoms in total. The third kappa shape index (κ3) is 3.97. The molecule has 1 heterocycles. The molecular formula is C15H25ClN2O2S. The maximum Gasteiger partial charge on any atom is 0.243 e. The Morgan fingerprint density at radius 1 is 1.24 bits per heavy atom. The van der Waals surface area contributed by atoms with Crippen LogP contribution < -0.4 is 5.73 Å². The van der Waals surface area contributed by atoms with Crippen LogP contribution in [-0.4, -0.2) is 31.9 Å². The minimum atomic E-state index is -3.37. The molecule has 1 unspecified atom stereocenters. The minimum Gasteiger partial charge on any atom is -0.328 e. The fourth-order valence-corrected chi connectivity index (χ4v) is 4.55. The quantitative estimate of drug-likeness (QED) is 0.924. The molecule has 0 aliphatic carbocycles. The molecule has 1 saturated heterocycles. The van der Waals surface area contributed by atoms with Crippen LogP contribution in [0.1, 0.15) is 30.9 Å². The molecule has 0 spiro atoms. The van der Waals surface area contributed by atoms with Crippen molar-refractivity contribution in [2.45, 2.75) is 44.6 Å². The van der Waals surface area contributed by atoms with Crippen LogP contribution in [0.2, 0.25) is 0 Å². The lowest BCUT2D eigenvalue weighted by molar-refractivity contribution is 0.250. The molecule has 21 heavy (non-hydrogen) atoms. The molecule has 1 atom stereocenters. The maximum absolute atomic E-state index is 12.7. The zero-order valence-electron chi connectivity index (χ0n) is 12.9. The molecule has 2 rings (SSSR count). The molecule has 1 aliphatic heterocycles. The van der Waals surface area contributed by atoms with Gasteiger partial charge in [-0.15, -0.1) is 12.4 Å². The summed E-state index contributed by atoms with van der Waals surface area (Å²) in [5, 5.41) is 0. The van der Waals surface area contributed by atoms with Gasteiger partial charge in [-0.2, -0.15) is 4.31 Å². The molecular weight excluding hydrogens is 308 g/mol. The van der Waals surface area contributed by atoms with E-state index in [-0.39, 0.29) is 18.4 Å². The van der Waals surface area contributed by atoms with Crippen molar-refractivity contribution < 1.29 is 8.42 Å². The van der Waals surface area contributed by atoms with Crippen molar-refractivity contribution in [1.29, 1.82) is 0 Å². The fraction of sp³-hybridized carbons (Fsp3) is 0.600. The van der Waals surface area contributed by atoms with E-state index in [1.165, 1.54) is 0 Å². The van der Waals surface area contributed by atoms with Crippen LogP contribution in [-0.2, 0) is 10.0 Å². The average Bonchev–Trinajstić information content (AvgIpc) is 2.41. The lowest BCUT2D eigenvalue weighted by Gasteiger charge is -2.33. The van der Waals surface area contributed by atoms with Crippen LogP contribution in [0, 0.1) is 19.8 Å². The number of piperidine rings is 1. The first-order valence-corrected chi connectivity index (χ1v) is 8.59. The van der Waals surface area contributed by atoms with Crippen LogP contribution in [0.5, 0.6) is 0 Å². The average molecular weight is 333 g/mol. The van der Waals surface area contributed by atoms with Crippen molar-refractivity contribution in [3.8, 4) is 0 Å². The highest BCUT2D eigenvalue weighted by molar-refractivity contribution is 7.89. The summed E-state index contributed by atoms with van der Waals surface area (Å²) >= 11 is 0. The van der Waals surface area contributed by atoms with Crippen LogP contribution in [0.25, 0.3) is 0 Å². The zero-order chi connectivity index (χ0) is 14.9. The Morgan fingerprint density at radius 2 is 1.81 bits per heavy atom. The summed E-state index contributed by atoms with van der Waals surface area (Å²) in [6.07, 6.45) is 1.70. The third-order valence-corrected chi connectivity index (χ3v) is 6.24. The van der Waals surface area contributed by atoms with E-state index in [1.807, 2.05) is 32.9 Å². The Balaban J connectivity index is 0.00000220. The molecule has 120 valence electrons. The number of benzene rings is 1. The van der Waals surface area contributed by atoms with Gasteiger partial charge in [0, 0.05) is 19.1 Å². The van der Waals surface area contributed by atoms with E-state index in [9.17, 15) is 8.42 Å². The summed E-state index contributed by atoms with van der Waals surface area (Å²) < 4.78 is 27.1. The molecule has 1 fully saturated rings. The van der Waals surface area contributed by atoms with Gasteiger partial charge in [0.2, 0.25) is 10.0 Å². The first-order chi connectivity index (χ1) is 9.32. The van der Waals surface area contributed by atoms with Gasteiger partial charge in [0.05, 0.1) is 4.90 Å². The van der Waals surface area contributed by atoms with Crippen molar-refractivity contribution in [3.05, 3.63) is 29.3 Å². The van der Waals surface area contributed by atoms with Gasteiger partial charge in [-0.25, -0.2) is 8.42 Å². The van der Waals surface area contributed by atoms with E-state index < -0.39 is 10.0 Å². The Kier molecular flexibility index (Phi) is 6.23. The van der Waals surface area contributed by atoms with Crippen molar-refractivity contribution in [2.24, 2.45) is 11.7 Å². The molecule has 0 aromatic heterocycles. The van der Waals surface area contributed by atoms with Gasteiger partial charge >= 0.3 is 0 Å². The van der Waals surface area contributed by atoms with Gasteiger partial charge in [0.25, 0.3) is 0 Å². The van der Waals surface area contributed by atoms with Crippen LogP contribution in [0.15, 0.2) is 23.1 Å². The van der Waals surface area contributed by atoms with E-state index in [1.54, 1.807) is 10.4 Å². The third-order valence-electron chi connectivity index (χ3n) is 4.20. The second-order valence-electron chi connectivity index (χ2n) is 5.87. The summed E-state index contributed by atoms with van der Waals surface area (Å²) in [5.74, 6) is 0.431. The van der Waals surface area contributed by atoms with Gasteiger partial charge in [0.1, 0.15) is 0 Å². The first-order valence-electron chi connectivity index (χ1n) is 7.15. The van der Waals surface area contributed by atoms with E-state index in [0.717, 1.165) is 24.0 Å². The standard InChI is InChI=1S/C15H24N2O2S.ClH/c1-11-4-5-12(2)15(10-11)20(18,19)17-8-6-14(7-9-17)13(3)16;/h4-5,10,13-14H,6-9,16H2,1-3H3;1H. The summed E-state index contributed by atoms with van der Waals surface area (Å²) in [4.78, 5) is 0.441. The van der Waals surface area contributed by atoms with Crippen LogP contribution in [0.3, 0.4) is 0 Å². The van der Waals surface area contributed by atoms with Gasteiger partial charge in [0.15, 0.2) is 0 Å². The normalized spacial score (nSPS) is 19.0. The van der Waals surface area contributed by atoms with Crippen molar-refractivity contribution >= 4 is 22.4 Å². The lowest BCUT2D eigenvalue weighted by atomic mass is 9.92. The molecule has 0 amide bonds. The number of aryl methyl sites for hydroxylation is 2. The number of rotatable bonds is 3. The maximum atomic E-state index is 12.7. The topological polar surface area (TPSA) is 63.4 Å². The highest BCUT2D eigenvalue weighted by Gasteiger charge is 2.31. The highest BCUT2D eigenvalue weighted by Crippen LogP contribution is 2.27. The predicted octanol–water partition coefficient (Wildman–Crippen LogP) is 2.47. The molecule has 0 radical (unpaired) electrons. The Morgan fingerprint density at radius 3 is 2.33 bits per heavy atom. The van der Waals surface area contributed by atoms with E-state index >= 15 is 0 Å². The van der Waals surface area contributed by atoms with Crippen LogP contribution >= 0.6 is 12.4 Å². The van der Waals surface area contributed by atoms with Gasteiger partial charge in [-0.1, -0.05) is 12.1 Å². The van der Waals surface area contributed by atoms with Crippen LogP contribution in [0.4, 0.5) is 0 Å². The Bertz CT molecular complexity index is 579. The van der Waals surface area contributed by atoms with Crippen molar-refractivity contribution in [3.63, 3.8) is 0 Å². The molecule has 1 aliphatic rings. The van der Waals surface area contributed by atoms with E-state index in [4.69, 9.17) is 5.73 Å². The molecule has 0 saturated carbocycles. The number of hydrogen-bond acceptors (Lipinski definition) is 3. The first kappa shape index (κ1) is 18.4. The van der Waals surface area contributed by atoms with Crippen molar-refractivity contribution in [2.75, 3.05) is 13.1 Å². The monoisotopic (exact) mass is 332 g/mol. The second kappa shape index (κ2) is 7.09. The molecule has 0 bridgehead atoms. The van der Waals surface area contributed by atoms with Gasteiger partial charge in [-0.3, -0.25) is 0 Å². The largest absolute Gasteiger partial charge is 0.328 e. The SMILES string of the molecule is Cc1ccc(C)c(S(=O)(=O)N2CCC(C(C)N)CC2)c1.Cl. The second-order valence-corrected chi connectivity index (χ2v) is 7.78. The highest BCUT2D eigenvalue weighted by atomic mass is 35.5. The number of nitrogens with two attached hydrogens (primary N) is 1. The van der Waals surface area contributed by atoms with E-state index in [0.29, 0.717) is 23.9 Å². The predicted molar refractivity (Wildman–Crippen MR) is 88.3 cm³/mol.